The van der Waals surface area contributed by atoms with E-state index in [1.807, 2.05) is 53.1 Å². The predicted octanol–water partition coefficient (Wildman–Crippen LogP) is 4.78. The molecule has 0 fully saturated rings. The highest BCUT2D eigenvalue weighted by molar-refractivity contribution is 6.07. The van der Waals surface area contributed by atoms with E-state index in [1.165, 1.54) is 0 Å². The van der Waals surface area contributed by atoms with Crippen molar-refractivity contribution < 1.29 is 14.3 Å². The van der Waals surface area contributed by atoms with Crippen LogP contribution in [0.1, 0.15) is 36.8 Å². The van der Waals surface area contributed by atoms with Crippen molar-refractivity contribution in [1.29, 1.82) is 0 Å². The summed E-state index contributed by atoms with van der Waals surface area (Å²) >= 11 is 0. The zero-order valence-corrected chi connectivity index (χ0v) is 20.3. The molecule has 0 radical (unpaired) electrons. The summed E-state index contributed by atoms with van der Waals surface area (Å²) in [5, 5.41) is 2.89. The zero-order chi connectivity index (χ0) is 24.7. The smallest absolute Gasteiger partial charge is 0.414 e. The highest BCUT2D eigenvalue weighted by Crippen LogP contribution is 2.23. The summed E-state index contributed by atoms with van der Waals surface area (Å²) in [4.78, 5) is 37.7. The number of nitrogens with zero attached hydrogens (tertiary/aromatic N) is 4. The lowest BCUT2D eigenvalue weighted by Gasteiger charge is -2.27. The summed E-state index contributed by atoms with van der Waals surface area (Å²) in [5.41, 5.74) is 2.01. The third kappa shape index (κ3) is 6.78. The van der Waals surface area contributed by atoms with E-state index in [2.05, 4.69) is 15.3 Å². The maximum absolute atomic E-state index is 12.9. The molecule has 0 unspecified atom stereocenters. The van der Waals surface area contributed by atoms with Crippen LogP contribution < -0.4 is 15.1 Å². The molecular weight excluding hydrogens is 430 g/mol. The Morgan fingerprint density at radius 1 is 0.941 bits per heavy atom. The van der Waals surface area contributed by atoms with Gasteiger partial charge in [-0.05, 0) is 69.3 Å². The number of ether oxygens (including phenoxy) is 1. The minimum atomic E-state index is -0.623. The van der Waals surface area contributed by atoms with Crippen molar-refractivity contribution in [2.75, 3.05) is 35.8 Å². The Bertz CT molecular complexity index is 1110. The van der Waals surface area contributed by atoms with E-state index in [0.717, 1.165) is 5.69 Å². The number of pyridine rings is 2. The van der Waals surface area contributed by atoms with Gasteiger partial charge in [-0.15, -0.1) is 0 Å². The normalized spacial score (nSPS) is 11.0. The molecule has 8 nitrogen and oxygen atoms in total. The summed E-state index contributed by atoms with van der Waals surface area (Å²) in [6, 6.07) is 16.2. The topological polar surface area (TPSA) is 87.7 Å². The number of hydrogen-bond acceptors (Lipinski definition) is 6. The average Bonchev–Trinajstić information content (AvgIpc) is 2.79. The quantitative estimate of drug-likeness (QED) is 0.545. The highest BCUT2D eigenvalue weighted by atomic mass is 16.6. The van der Waals surface area contributed by atoms with Gasteiger partial charge in [-0.1, -0.05) is 6.07 Å². The first kappa shape index (κ1) is 24.7. The Hall–Kier alpha value is -3.94. The second-order valence-corrected chi connectivity index (χ2v) is 8.97. The third-order valence-corrected chi connectivity index (χ3v) is 4.82. The van der Waals surface area contributed by atoms with Gasteiger partial charge in [0.15, 0.2) is 0 Å². The van der Waals surface area contributed by atoms with Crippen LogP contribution in [-0.4, -0.2) is 48.2 Å². The number of amides is 2. The molecular formula is C26H31N5O3. The Kier molecular flexibility index (Phi) is 7.83. The number of anilines is 3. The van der Waals surface area contributed by atoms with E-state index in [9.17, 15) is 9.59 Å². The van der Waals surface area contributed by atoms with Crippen molar-refractivity contribution in [2.45, 2.75) is 32.8 Å². The number of hydrogen-bond donors (Lipinski definition) is 1. The molecule has 2 amide bonds. The number of aromatic nitrogens is 2. The van der Waals surface area contributed by atoms with Gasteiger partial charge in [-0.25, -0.2) is 9.78 Å². The fourth-order valence-corrected chi connectivity index (χ4v) is 3.27. The highest BCUT2D eigenvalue weighted by Gasteiger charge is 2.23. The van der Waals surface area contributed by atoms with Crippen LogP contribution in [0.15, 0.2) is 67.0 Å². The molecule has 1 aromatic carbocycles. The van der Waals surface area contributed by atoms with Crippen molar-refractivity contribution in [3.05, 3.63) is 78.2 Å². The molecule has 0 bridgehead atoms. The van der Waals surface area contributed by atoms with Crippen molar-refractivity contribution in [1.82, 2.24) is 9.97 Å². The summed E-state index contributed by atoms with van der Waals surface area (Å²) in [5.74, 6) is 0.325. The standard InChI is InChI=1S/C26H31N5O3/c1-26(2,3)34-25(33)31(18-15-19-9-6-7-16-27-19)21-13-11-20(12-14-21)29-24(32)22-10-8-17-28-23(22)30(4)5/h6-14,16-17H,15,18H2,1-5H3,(H,29,32). The SMILES string of the molecule is CN(C)c1ncccc1C(=O)Nc1ccc(N(CCc2ccccn2)C(=O)OC(C)(C)C)cc1. The number of carbonyl (C=O) groups is 2. The van der Waals surface area contributed by atoms with Gasteiger partial charge < -0.3 is 15.0 Å². The van der Waals surface area contributed by atoms with Crippen LogP contribution in [0.2, 0.25) is 0 Å². The lowest BCUT2D eigenvalue weighted by molar-refractivity contribution is 0.0580. The third-order valence-electron chi connectivity index (χ3n) is 4.82. The van der Waals surface area contributed by atoms with E-state index in [1.54, 1.807) is 58.6 Å². The number of rotatable bonds is 7. The molecule has 0 aliphatic carbocycles. The zero-order valence-electron chi connectivity index (χ0n) is 20.3. The molecule has 1 N–H and O–H groups in total. The molecule has 2 aromatic heterocycles. The van der Waals surface area contributed by atoms with Crippen LogP contribution in [0.3, 0.4) is 0 Å². The molecule has 0 saturated heterocycles. The Labute approximate surface area is 200 Å². The average molecular weight is 462 g/mol. The summed E-state index contributed by atoms with van der Waals surface area (Å²) in [7, 11) is 3.67. The maximum Gasteiger partial charge on any atom is 0.414 e. The lowest BCUT2D eigenvalue weighted by atomic mass is 10.2. The van der Waals surface area contributed by atoms with E-state index < -0.39 is 11.7 Å². The fourth-order valence-electron chi connectivity index (χ4n) is 3.27. The van der Waals surface area contributed by atoms with Crippen LogP contribution in [0.25, 0.3) is 0 Å². The van der Waals surface area contributed by atoms with Crippen LogP contribution in [0.4, 0.5) is 22.0 Å². The van der Waals surface area contributed by atoms with Crippen molar-refractivity contribution in [3.8, 4) is 0 Å². The van der Waals surface area contributed by atoms with E-state index >= 15 is 0 Å². The first-order valence-corrected chi connectivity index (χ1v) is 11.1. The van der Waals surface area contributed by atoms with Gasteiger partial charge in [0.2, 0.25) is 0 Å². The minimum absolute atomic E-state index is 0.260. The molecule has 0 aliphatic heterocycles. The van der Waals surface area contributed by atoms with Crippen LogP contribution >= 0.6 is 0 Å². The first-order valence-electron chi connectivity index (χ1n) is 11.1. The second kappa shape index (κ2) is 10.8. The summed E-state index contributed by atoms with van der Waals surface area (Å²) < 4.78 is 5.62. The first-order chi connectivity index (χ1) is 16.1. The van der Waals surface area contributed by atoms with Crippen molar-refractivity contribution in [3.63, 3.8) is 0 Å². The second-order valence-electron chi connectivity index (χ2n) is 8.97. The number of benzene rings is 1. The van der Waals surface area contributed by atoms with E-state index in [0.29, 0.717) is 35.7 Å². The van der Waals surface area contributed by atoms with Gasteiger partial charge in [0.05, 0.1) is 5.56 Å². The van der Waals surface area contributed by atoms with Crippen LogP contribution in [-0.2, 0) is 11.2 Å². The molecule has 0 spiro atoms. The largest absolute Gasteiger partial charge is 0.443 e. The summed E-state index contributed by atoms with van der Waals surface area (Å²) in [6.45, 7) is 5.90. The number of nitrogens with one attached hydrogen (secondary N) is 1. The Morgan fingerprint density at radius 3 is 2.26 bits per heavy atom. The van der Waals surface area contributed by atoms with Gasteiger partial charge in [0.1, 0.15) is 11.4 Å². The van der Waals surface area contributed by atoms with Gasteiger partial charge in [-0.2, -0.15) is 0 Å². The summed E-state index contributed by atoms with van der Waals surface area (Å²) in [6.07, 6.45) is 3.52. The molecule has 0 aliphatic rings. The van der Waals surface area contributed by atoms with Crippen molar-refractivity contribution in [2.24, 2.45) is 0 Å². The maximum atomic E-state index is 12.9. The molecule has 178 valence electrons. The van der Waals surface area contributed by atoms with Gasteiger partial charge in [0.25, 0.3) is 5.91 Å². The lowest BCUT2D eigenvalue weighted by Crippen LogP contribution is -2.38. The van der Waals surface area contributed by atoms with Crippen molar-refractivity contribution >= 4 is 29.2 Å². The molecule has 3 rings (SSSR count). The van der Waals surface area contributed by atoms with Gasteiger partial charge in [-0.3, -0.25) is 14.7 Å². The Balaban J connectivity index is 1.77. The molecule has 3 aromatic rings. The molecule has 0 atom stereocenters. The Morgan fingerprint density at radius 2 is 1.65 bits per heavy atom. The molecule has 8 heteroatoms. The monoisotopic (exact) mass is 461 g/mol. The molecule has 2 heterocycles. The molecule has 34 heavy (non-hydrogen) atoms. The minimum Gasteiger partial charge on any atom is -0.443 e. The van der Waals surface area contributed by atoms with Gasteiger partial charge in [0, 0.05) is 56.5 Å². The predicted molar refractivity (Wildman–Crippen MR) is 134 cm³/mol. The molecule has 0 saturated carbocycles. The van der Waals surface area contributed by atoms with Gasteiger partial charge >= 0.3 is 6.09 Å². The van der Waals surface area contributed by atoms with E-state index in [-0.39, 0.29) is 5.91 Å². The van der Waals surface area contributed by atoms with Crippen LogP contribution in [0, 0.1) is 0 Å². The van der Waals surface area contributed by atoms with Crippen LogP contribution in [0.5, 0.6) is 0 Å². The van der Waals surface area contributed by atoms with E-state index in [4.69, 9.17) is 4.74 Å². The fraction of sp³-hybridized carbons (Fsp3) is 0.308. The number of carbonyl (C=O) groups excluding carboxylic acids is 2.